The molecule has 8 heteroatoms. The third-order valence-electron chi connectivity index (χ3n) is 5.24. The van der Waals surface area contributed by atoms with E-state index in [9.17, 15) is 13.2 Å². The number of aryl methyl sites for hydroxylation is 1. The minimum absolute atomic E-state index is 0.0579. The van der Waals surface area contributed by atoms with Crippen LogP contribution in [0.4, 0.5) is 0 Å². The highest BCUT2D eigenvalue weighted by Crippen LogP contribution is 2.32. The van der Waals surface area contributed by atoms with Crippen molar-refractivity contribution in [3.8, 4) is 22.5 Å². The Morgan fingerprint density at radius 3 is 2.52 bits per heavy atom. The number of aromatic nitrogens is 2. The van der Waals surface area contributed by atoms with Crippen LogP contribution in [0.2, 0.25) is 0 Å². The Bertz CT molecular complexity index is 1380. The monoisotopic (exact) mass is 461 g/mol. The van der Waals surface area contributed by atoms with E-state index in [4.69, 9.17) is 4.84 Å². The van der Waals surface area contributed by atoms with Gasteiger partial charge in [0.25, 0.3) is 5.91 Å². The van der Waals surface area contributed by atoms with Crippen molar-refractivity contribution in [2.75, 3.05) is 6.26 Å². The van der Waals surface area contributed by atoms with E-state index in [2.05, 4.69) is 15.4 Å². The van der Waals surface area contributed by atoms with Crippen LogP contribution in [0.25, 0.3) is 22.5 Å². The number of imidazole rings is 1. The number of hydrogen-bond donors (Lipinski definition) is 2. The lowest BCUT2D eigenvalue weighted by Gasteiger charge is -2.15. The lowest BCUT2D eigenvalue weighted by molar-refractivity contribution is 0.0235. The SMILES string of the molecule is Cc1ccc(-c2ncc[nH]2)cc1-c1cc(S(C)(=O)=O)ccc1CONC(=O)c1ccccc1. The van der Waals surface area contributed by atoms with Crippen molar-refractivity contribution >= 4 is 15.7 Å². The highest BCUT2D eigenvalue weighted by molar-refractivity contribution is 7.90. The summed E-state index contributed by atoms with van der Waals surface area (Å²) in [5.74, 6) is 0.351. The number of hydroxylamine groups is 1. The van der Waals surface area contributed by atoms with Gasteiger partial charge in [-0.2, -0.15) is 0 Å². The fraction of sp³-hybridized carbons (Fsp3) is 0.120. The number of benzene rings is 3. The van der Waals surface area contributed by atoms with Gasteiger partial charge in [-0.25, -0.2) is 18.9 Å². The van der Waals surface area contributed by atoms with E-state index in [1.54, 1.807) is 54.9 Å². The Kier molecular flexibility index (Phi) is 6.39. The standard InChI is InChI=1S/C25H23N3O4S/c1-17-8-9-19(24-26-12-13-27-24)14-22(17)23-15-21(33(2,30)31)11-10-20(23)16-32-28-25(29)18-6-4-3-5-7-18/h3-15H,16H2,1-2H3,(H,26,27)(H,28,29). The third-order valence-corrected chi connectivity index (χ3v) is 6.35. The van der Waals surface area contributed by atoms with E-state index >= 15 is 0 Å². The molecule has 0 bridgehead atoms. The van der Waals surface area contributed by atoms with Crippen LogP contribution in [0.5, 0.6) is 0 Å². The van der Waals surface area contributed by atoms with Crippen molar-refractivity contribution in [2.24, 2.45) is 0 Å². The molecule has 0 spiro atoms. The van der Waals surface area contributed by atoms with Gasteiger partial charge in [0.1, 0.15) is 12.4 Å². The zero-order chi connectivity index (χ0) is 23.4. The maximum atomic E-state index is 12.3. The maximum Gasteiger partial charge on any atom is 0.274 e. The average molecular weight is 462 g/mol. The Morgan fingerprint density at radius 1 is 1.03 bits per heavy atom. The molecule has 0 aliphatic rings. The minimum Gasteiger partial charge on any atom is -0.345 e. The molecule has 0 aliphatic carbocycles. The lowest BCUT2D eigenvalue weighted by atomic mass is 9.94. The maximum absolute atomic E-state index is 12.3. The van der Waals surface area contributed by atoms with E-state index in [1.807, 2.05) is 31.2 Å². The number of H-pyrrole nitrogens is 1. The quantitative estimate of drug-likeness (QED) is 0.399. The largest absolute Gasteiger partial charge is 0.345 e. The Hall–Kier alpha value is -3.75. The molecular weight excluding hydrogens is 438 g/mol. The fourth-order valence-corrected chi connectivity index (χ4v) is 4.12. The van der Waals surface area contributed by atoms with E-state index in [0.717, 1.165) is 22.3 Å². The predicted octanol–water partition coefficient (Wildman–Crippen LogP) is 4.32. The van der Waals surface area contributed by atoms with Gasteiger partial charge in [-0.3, -0.25) is 9.63 Å². The normalized spacial score (nSPS) is 11.3. The summed E-state index contributed by atoms with van der Waals surface area (Å²) in [6.07, 6.45) is 4.59. The summed E-state index contributed by atoms with van der Waals surface area (Å²) in [7, 11) is -3.42. The first-order valence-corrected chi connectivity index (χ1v) is 12.1. The molecular formula is C25H23N3O4S. The summed E-state index contributed by atoms with van der Waals surface area (Å²) in [4.78, 5) is 25.4. The molecule has 0 fully saturated rings. The first kappa shape index (κ1) is 22.4. The van der Waals surface area contributed by atoms with Gasteiger partial charge in [0, 0.05) is 29.8 Å². The second kappa shape index (κ2) is 9.40. The second-order valence-electron chi connectivity index (χ2n) is 7.64. The lowest BCUT2D eigenvalue weighted by Crippen LogP contribution is -2.23. The summed E-state index contributed by atoms with van der Waals surface area (Å²) in [5, 5.41) is 0. The van der Waals surface area contributed by atoms with Crippen molar-refractivity contribution < 1.29 is 18.0 Å². The van der Waals surface area contributed by atoms with Crippen LogP contribution >= 0.6 is 0 Å². The van der Waals surface area contributed by atoms with E-state index in [-0.39, 0.29) is 17.4 Å². The van der Waals surface area contributed by atoms with E-state index in [0.29, 0.717) is 17.0 Å². The summed E-state index contributed by atoms with van der Waals surface area (Å²) < 4.78 is 24.4. The zero-order valence-corrected chi connectivity index (χ0v) is 19.0. The van der Waals surface area contributed by atoms with Crippen molar-refractivity contribution in [1.29, 1.82) is 0 Å². The topological polar surface area (TPSA) is 101 Å². The van der Waals surface area contributed by atoms with Crippen LogP contribution in [-0.4, -0.2) is 30.5 Å². The van der Waals surface area contributed by atoms with Gasteiger partial charge in [-0.05, 0) is 59.5 Å². The Morgan fingerprint density at radius 2 is 1.82 bits per heavy atom. The van der Waals surface area contributed by atoms with Gasteiger partial charge in [-0.15, -0.1) is 0 Å². The van der Waals surface area contributed by atoms with Gasteiger partial charge in [0.15, 0.2) is 9.84 Å². The molecule has 0 radical (unpaired) electrons. The van der Waals surface area contributed by atoms with Crippen LogP contribution in [-0.2, 0) is 21.3 Å². The van der Waals surface area contributed by atoms with Crippen LogP contribution in [0.1, 0.15) is 21.5 Å². The number of carbonyl (C=O) groups excluding carboxylic acids is 1. The highest BCUT2D eigenvalue weighted by atomic mass is 32.2. The summed E-state index contributed by atoms with van der Waals surface area (Å²) in [6.45, 7) is 2.01. The molecule has 33 heavy (non-hydrogen) atoms. The van der Waals surface area contributed by atoms with E-state index < -0.39 is 9.84 Å². The van der Waals surface area contributed by atoms with E-state index in [1.165, 1.54) is 6.26 Å². The molecule has 2 N–H and O–H groups in total. The van der Waals surface area contributed by atoms with Gasteiger partial charge in [0.05, 0.1) is 4.90 Å². The summed E-state index contributed by atoms with van der Waals surface area (Å²) >= 11 is 0. The number of amides is 1. The molecule has 4 rings (SSSR count). The number of hydrogen-bond acceptors (Lipinski definition) is 5. The van der Waals surface area contributed by atoms with Gasteiger partial charge < -0.3 is 4.98 Å². The van der Waals surface area contributed by atoms with Gasteiger partial charge in [0.2, 0.25) is 0 Å². The molecule has 0 saturated heterocycles. The molecule has 0 saturated carbocycles. The molecule has 7 nitrogen and oxygen atoms in total. The molecule has 1 heterocycles. The average Bonchev–Trinajstić information content (AvgIpc) is 3.34. The molecule has 168 valence electrons. The second-order valence-corrected chi connectivity index (χ2v) is 9.66. The number of carbonyl (C=O) groups is 1. The third kappa shape index (κ3) is 5.19. The first-order valence-electron chi connectivity index (χ1n) is 10.2. The molecule has 0 atom stereocenters. The van der Waals surface area contributed by atoms with Crippen LogP contribution in [0.3, 0.4) is 0 Å². The zero-order valence-electron chi connectivity index (χ0n) is 18.2. The number of sulfone groups is 1. The van der Waals surface area contributed by atoms with Gasteiger partial charge >= 0.3 is 0 Å². The van der Waals surface area contributed by atoms with Crippen molar-refractivity contribution in [2.45, 2.75) is 18.4 Å². The smallest absolute Gasteiger partial charge is 0.274 e. The molecule has 4 aromatic rings. The molecule has 1 aromatic heterocycles. The number of aromatic amines is 1. The summed E-state index contributed by atoms with van der Waals surface area (Å²) in [5.41, 5.74) is 7.05. The number of nitrogens with zero attached hydrogens (tertiary/aromatic N) is 1. The molecule has 0 unspecified atom stereocenters. The Labute approximate surface area is 192 Å². The molecule has 3 aromatic carbocycles. The number of rotatable bonds is 7. The predicted molar refractivity (Wildman–Crippen MR) is 126 cm³/mol. The van der Waals surface area contributed by atoms with Crippen molar-refractivity contribution in [3.05, 3.63) is 95.8 Å². The summed E-state index contributed by atoms with van der Waals surface area (Å²) in [6, 6.07) is 19.5. The number of nitrogens with one attached hydrogen (secondary N) is 2. The highest BCUT2D eigenvalue weighted by Gasteiger charge is 2.16. The molecule has 1 amide bonds. The van der Waals surface area contributed by atoms with Crippen LogP contribution in [0, 0.1) is 6.92 Å². The van der Waals surface area contributed by atoms with Gasteiger partial charge in [-0.1, -0.05) is 36.4 Å². The van der Waals surface area contributed by atoms with Crippen molar-refractivity contribution in [1.82, 2.24) is 15.4 Å². The first-order chi connectivity index (χ1) is 15.8. The Balaban J connectivity index is 1.68. The van der Waals surface area contributed by atoms with Crippen molar-refractivity contribution in [3.63, 3.8) is 0 Å². The molecule has 0 aliphatic heterocycles. The fourth-order valence-electron chi connectivity index (χ4n) is 3.47. The minimum atomic E-state index is -3.42. The van der Waals surface area contributed by atoms with Crippen LogP contribution in [0.15, 0.2) is 84.0 Å². The van der Waals surface area contributed by atoms with Crippen LogP contribution < -0.4 is 5.48 Å².